The van der Waals surface area contributed by atoms with Crippen LogP contribution in [0.1, 0.15) is 64.1 Å². The van der Waals surface area contributed by atoms with Crippen LogP contribution in [0.2, 0.25) is 0 Å². The number of fused-ring (bicyclic) bond motifs is 1. The Morgan fingerprint density at radius 3 is 2.32 bits per heavy atom. The van der Waals surface area contributed by atoms with E-state index in [1.54, 1.807) is 0 Å². The van der Waals surface area contributed by atoms with Crippen molar-refractivity contribution in [1.29, 1.82) is 0 Å². The number of hydrogen-bond acceptors (Lipinski definition) is 3. The molecule has 0 bridgehead atoms. The lowest BCUT2D eigenvalue weighted by Gasteiger charge is -2.09. The van der Waals surface area contributed by atoms with Gasteiger partial charge in [-0.05, 0) is 25.5 Å². The van der Waals surface area contributed by atoms with Gasteiger partial charge in [-0.25, -0.2) is 9.97 Å². The molecule has 0 fully saturated rings. The highest BCUT2D eigenvalue weighted by molar-refractivity contribution is 5.88. The predicted molar refractivity (Wildman–Crippen MR) is 95.4 cm³/mol. The Labute approximate surface area is 134 Å². The van der Waals surface area contributed by atoms with Crippen LogP contribution >= 0.6 is 0 Å². The fourth-order valence-corrected chi connectivity index (χ4v) is 2.79. The average molecular weight is 299 g/mol. The number of aromatic nitrogens is 2. The van der Waals surface area contributed by atoms with Crippen LogP contribution in [0.25, 0.3) is 10.9 Å². The molecule has 2 aromatic rings. The zero-order valence-corrected chi connectivity index (χ0v) is 14.1. The van der Waals surface area contributed by atoms with Crippen molar-refractivity contribution >= 4 is 16.7 Å². The van der Waals surface area contributed by atoms with E-state index in [1.165, 1.54) is 51.4 Å². The minimum absolute atomic E-state index is 0.831. The third-order valence-electron chi connectivity index (χ3n) is 4.04. The second-order valence-corrected chi connectivity index (χ2v) is 6.04. The summed E-state index contributed by atoms with van der Waals surface area (Å²) < 4.78 is 0. The number of aryl methyl sites for hydroxylation is 1. The van der Waals surface area contributed by atoms with Crippen molar-refractivity contribution in [1.82, 2.24) is 9.97 Å². The summed E-state index contributed by atoms with van der Waals surface area (Å²) in [6.45, 7) is 5.22. The van der Waals surface area contributed by atoms with Crippen LogP contribution in [0.4, 0.5) is 5.82 Å². The van der Waals surface area contributed by atoms with Gasteiger partial charge in [0.1, 0.15) is 11.6 Å². The molecule has 3 heteroatoms. The first-order valence-corrected chi connectivity index (χ1v) is 8.78. The quantitative estimate of drug-likeness (QED) is 0.589. The Hall–Kier alpha value is -1.64. The Morgan fingerprint density at radius 2 is 1.55 bits per heavy atom. The molecule has 0 atom stereocenters. The smallest absolute Gasteiger partial charge is 0.137 e. The lowest BCUT2D eigenvalue weighted by atomic mass is 10.1. The number of nitrogens with one attached hydrogen (secondary N) is 1. The standard InChI is InChI=1S/C19H29N3/c1-3-4-5-6-7-8-9-12-15-20-19-17-13-10-11-14-18(17)21-16(2)22-19/h10-11,13-14H,3-9,12,15H2,1-2H3,(H,20,21,22). The van der Waals surface area contributed by atoms with E-state index >= 15 is 0 Å². The van der Waals surface area contributed by atoms with Gasteiger partial charge in [0.15, 0.2) is 0 Å². The SMILES string of the molecule is CCCCCCCCCCNc1nc(C)nc2ccccc12. The largest absolute Gasteiger partial charge is 0.369 e. The van der Waals surface area contributed by atoms with Crippen molar-refractivity contribution in [3.8, 4) is 0 Å². The van der Waals surface area contributed by atoms with Crippen LogP contribution in [0.15, 0.2) is 24.3 Å². The number of benzene rings is 1. The maximum atomic E-state index is 4.55. The minimum Gasteiger partial charge on any atom is -0.369 e. The summed E-state index contributed by atoms with van der Waals surface area (Å²) >= 11 is 0. The van der Waals surface area contributed by atoms with Crippen molar-refractivity contribution in [3.63, 3.8) is 0 Å². The molecule has 0 saturated carbocycles. The van der Waals surface area contributed by atoms with E-state index in [0.717, 1.165) is 29.1 Å². The van der Waals surface area contributed by atoms with Gasteiger partial charge in [-0.2, -0.15) is 0 Å². The van der Waals surface area contributed by atoms with Crippen LogP contribution in [0.5, 0.6) is 0 Å². The van der Waals surface area contributed by atoms with Gasteiger partial charge in [0.2, 0.25) is 0 Å². The molecule has 1 N–H and O–H groups in total. The van der Waals surface area contributed by atoms with Gasteiger partial charge in [-0.1, -0.05) is 64.0 Å². The summed E-state index contributed by atoms with van der Waals surface area (Å²) in [6.07, 6.45) is 10.8. The molecule has 0 aliphatic heterocycles. The van der Waals surface area contributed by atoms with Crippen LogP contribution in [-0.4, -0.2) is 16.5 Å². The predicted octanol–water partition coefficient (Wildman–Crippen LogP) is 5.49. The number of nitrogens with zero attached hydrogens (tertiary/aromatic N) is 2. The van der Waals surface area contributed by atoms with E-state index in [9.17, 15) is 0 Å². The number of hydrogen-bond donors (Lipinski definition) is 1. The molecule has 0 spiro atoms. The van der Waals surface area contributed by atoms with Gasteiger partial charge in [0.25, 0.3) is 0 Å². The van der Waals surface area contributed by atoms with Crippen molar-refractivity contribution in [3.05, 3.63) is 30.1 Å². The van der Waals surface area contributed by atoms with E-state index < -0.39 is 0 Å². The topological polar surface area (TPSA) is 37.8 Å². The van der Waals surface area contributed by atoms with E-state index in [-0.39, 0.29) is 0 Å². The van der Waals surface area contributed by atoms with Gasteiger partial charge < -0.3 is 5.32 Å². The van der Waals surface area contributed by atoms with Crippen molar-refractivity contribution < 1.29 is 0 Å². The molecule has 3 nitrogen and oxygen atoms in total. The molecular formula is C19H29N3. The summed E-state index contributed by atoms with van der Waals surface area (Å²) in [6, 6.07) is 8.20. The van der Waals surface area contributed by atoms with Crippen molar-refractivity contribution in [2.75, 3.05) is 11.9 Å². The highest BCUT2D eigenvalue weighted by atomic mass is 15.0. The van der Waals surface area contributed by atoms with Gasteiger partial charge in [0, 0.05) is 11.9 Å². The first-order valence-electron chi connectivity index (χ1n) is 8.78. The number of anilines is 1. The zero-order valence-electron chi connectivity index (χ0n) is 14.1. The Balaban J connectivity index is 1.71. The molecule has 120 valence electrons. The molecular weight excluding hydrogens is 270 g/mol. The van der Waals surface area contributed by atoms with E-state index in [1.807, 2.05) is 25.1 Å². The second kappa shape index (κ2) is 9.39. The lowest BCUT2D eigenvalue weighted by Crippen LogP contribution is -2.05. The first-order chi connectivity index (χ1) is 10.8. The molecule has 1 heterocycles. The van der Waals surface area contributed by atoms with Gasteiger partial charge in [-0.3, -0.25) is 0 Å². The van der Waals surface area contributed by atoms with Gasteiger partial charge in [0.05, 0.1) is 5.52 Å². The van der Waals surface area contributed by atoms with Crippen LogP contribution < -0.4 is 5.32 Å². The van der Waals surface area contributed by atoms with Crippen molar-refractivity contribution in [2.45, 2.75) is 65.2 Å². The first kappa shape index (κ1) is 16.7. The summed E-state index contributed by atoms with van der Waals surface area (Å²) in [5.74, 6) is 1.81. The molecule has 0 aliphatic carbocycles. The summed E-state index contributed by atoms with van der Waals surface area (Å²) in [4.78, 5) is 9.03. The molecule has 2 rings (SSSR count). The van der Waals surface area contributed by atoms with Gasteiger partial charge in [-0.15, -0.1) is 0 Å². The zero-order chi connectivity index (χ0) is 15.6. The Kier molecular flexibility index (Phi) is 7.14. The van der Waals surface area contributed by atoms with E-state index in [2.05, 4.69) is 28.3 Å². The van der Waals surface area contributed by atoms with E-state index in [4.69, 9.17) is 0 Å². The Bertz CT molecular complexity index is 566. The molecule has 0 aliphatic rings. The third-order valence-corrected chi connectivity index (χ3v) is 4.04. The third kappa shape index (κ3) is 5.28. The number of para-hydroxylation sites is 1. The van der Waals surface area contributed by atoms with E-state index in [0.29, 0.717) is 0 Å². The highest BCUT2D eigenvalue weighted by Crippen LogP contribution is 2.20. The number of unbranched alkanes of at least 4 members (excludes halogenated alkanes) is 7. The molecule has 1 aromatic heterocycles. The van der Waals surface area contributed by atoms with Crippen LogP contribution in [-0.2, 0) is 0 Å². The summed E-state index contributed by atoms with van der Waals surface area (Å²) in [5, 5.41) is 4.61. The molecule has 22 heavy (non-hydrogen) atoms. The maximum Gasteiger partial charge on any atom is 0.137 e. The van der Waals surface area contributed by atoms with Crippen molar-refractivity contribution in [2.24, 2.45) is 0 Å². The fraction of sp³-hybridized carbons (Fsp3) is 0.579. The average Bonchev–Trinajstić information content (AvgIpc) is 2.53. The van der Waals surface area contributed by atoms with Gasteiger partial charge >= 0.3 is 0 Å². The second-order valence-electron chi connectivity index (χ2n) is 6.04. The molecule has 0 radical (unpaired) electrons. The molecule has 0 unspecified atom stereocenters. The number of rotatable bonds is 10. The molecule has 0 saturated heterocycles. The maximum absolute atomic E-state index is 4.55. The summed E-state index contributed by atoms with van der Waals surface area (Å²) in [7, 11) is 0. The van der Waals surface area contributed by atoms with Crippen LogP contribution in [0.3, 0.4) is 0 Å². The minimum atomic E-state index is 0.831. The lowest BCUT2D eigenvalue weighted by molar-refractivity contribution is 0.581. The monoisotopic (exact) mass is 299 g/mol. The normalized spacial score (nSPS) is 11.0. The highest BCUT2D eigenvalue weighted by Gasteiger charge is 2.04. The summed E-state index contributed by atoms with van der Waals surface area (Å²) in [5.41, 5.74) is 1.02. The van der Waals surface area contributed by atoms with Crippen LogP contribution in [0, 0.1) is 6.92 Å². The fourth-order valence-electron chi connectivity index (χ4n) is 2.79. The Morgan fingerprint density at radius 1 is 0.864 bits per heavy atom. The molecule has 0 amide bonds. The molecule has 1 aromatic carbocycles.